The summed E-state index contributed by atoms with van der Waals surface area (Å²) >= 11 is 0. The minimum atomic E-state index is -0.699. The van der Waals surface area contributed by atoms with Crippen LogP contribution in [0.4, 0.5) is 0 Å². The molecular weight excluding hydrogens is 240 g/mol. The Kier molecular flexibility index (Phi) is 4.78. The summed E-state index contributed by atoms with van der Waals surface area (Å²) in [6, 6.07) is 0. The van der Waals surface area contributed by atoms with Gasteiger partial charge in [0.2, 0.25) is 0 Å². The van der Waals surface area contributed by atoms with Gasteiger partial charge in [-0.3, -0.25) is 0 Å². The Morgan fingerprint density at radius 3 is 1.79 bits per heavy atom. The zero-order chi connectivity index (χ0) is 13.0. The van der Waals surface area contributed by atoms with E-state index in [1.54, 1.807) is 0 Å². The van der Waals surface area contributed by atoms with Crippen LogP contribution in [0.1, 0.15) is 77.0 Å². The molecule has 0 aromatic carbocycles. The Morgan fingerprint density at radius 1 is 0.684 bits per heavy atom. The molecule has 3 rings (SSSR count). The molecule has 0 amide bonds. The molecule has 3 nitrogen and oxygen atoms in total. The van der Waals surface area contributed by atoms with Crippen molar-refractivity contribution in [1.82, 2.24) is 0 Å². The van der Waals surface area contributed by atoms with Crippen molar-refractivity contribution in [2.24, 2.45) is 0 Å². The fourth-order valence-electron chi connectivity index (χ4n) is 3.65. The van der Waals surface area contributed by atoms with Crippen LogP contribution < -0.4 is 0 Å². The van der Waals surface area contributed by atoms with Crippen molar-refractivity contribution in [3.63, 3.8) is 0 Å². The van der Waals surface area contributed by atoms with E-state index in [1.165, 1.54) is 64.2 Å². The molecule has 3 aliphatic rings. The van der Waals surface area contributed by atoms with Crippen LogP contribution in [0.3, 0.4) is 0 Å². The monoisotopic (exact) mass is 268 g/mol. The second-order valence-electron chi connectivity index (χ2n) is 6.39. The zero-order valence-corrected chi connectivity index (χ0v) is 12.1. The van der Waals surface area contributed by atoms with E-state index in [4.69, 9.17) is 14.2 Å². The fraction of sp³-hybridized carbons (Fsp3) is 1.00. The Labute approximate surface area is 117 Å². The number of hydrogen-bond donors (Lipinski definition) is 0. The minimum Gasteiger partial charge on any atom is -0.327 e. The van der Waals surface area contributed by atoms with Crippen LogP contribution in [0, 0.1) is 0 Å². The fourth-order valence-corrected chi connectivity index (χ4v) is 3.65. The molecule has 0 aromatic rings. The molecule has 2 saturated carbocycles. The van der Waals surface area contributed by atoms with Gasteiger partial charge in [0.25, 0.3) is 5.97 Å². The standard InChI is InChI=1S/C16H28O3/c1-2-8-14(9-3-1)18-16(12-6-7-13-17-16)19-15-10-4-5-11-15/h14-15H,1-13H2. The van der Waals surface area contributed by atoms with Crippen LogP contribution in [-0.2, 0) is 14.2 Å². The van der Waals surface area contributed by atoms with Crippen molar-refractivity contribution in [2.75, 3.05) is 6.61 Å². The SMILES string of the molecule is C1CCC(OC2(OC3CCCC3)CCCCO2)CC1. The van der Waals surface area contributed by atoms with Gasteiger partial charge in [-0.15, -0.1) is 0 Å². The van der Waals surface area contributed by atoms with E-state index in [2.05, 4.69) is 0 Å². The lowest BCUT2D eigenvalue weighted by Gasteiger charge is -2.41. The molecule has 0 bridgehead atoms. The maximum atomic E-state index is 6.34. The lowest BCUT2D eigenvalue weighted by molar-refractivity contribution is -0.418. The van der Waals surface area contributed by atoms with Crippen molar-refractivity contribution >= 4 is 0 Å². The van der Waals surface area contributed by atoms with Crippen molar-refractivity contribution in [3.05, 3.63) is 0 Å². The first-order valence-corrected chi connectivity index (χ1v) is 8.36. The number of hydrogen-bond acceptors (Lipinski definition) is 3. The molecule has 2 aliphatic carbocycles. The average molecular weight is 268 g/mol. The van der Waals surface area contributed by atoms with Gasteiger partial charge < -0.3 is 14.2 Å². The quantitative estimate of drug-likeness (QED) is 0.717. The van der Waals surface area contributed by atoms with Crippen LogP contribution >= 0.6 is 0 Å². The van der Waals surface area contributed by atoms with Gasteiger partial charge in [0, 0.05) is 6.42 Å². The van der Waals surface area contributed by atoms with Crippen molar-refractivity contribution in [3.8, 4) is 0 Å². The molecule has 0 aromatic heterocycles. The van der Waals surface area contributed by atoms with Crippen LogP contribution in [0.15, 0.2) is 0 Å². The van der Waals surface area contributed by atoms with Gasteiger partial charge in [0.1, 0.15) is 0 Å². The molecule has 19 heavy (non-hydrogen) atoms. The third-order valence-corrected chi connectivity index (χ3v) is 4.75. The second-order valence-corrected chi connectivity index (χ2v) is 6.39. The highest BCUT2D eigenvalue weighted by atomic mass is 16.9. The first kappa shape index (κ1) is 13.8. The average Bonchev–Trinajstić information content (AvgIpc) is 2.93. The molecule has 1 aliphatic heterocycles. The third kappa shape index (κ3) is 3.71. The lowest BCUT2D eigenvalue weighted by Crippen LogP contribution is -2.47. The van der Waals surface area contributed by atoms with Crippen molar-refractivity contribution in [2.45, 2.75) is 95.2 Å². The van der Waals surface area contributed by atoms with Crippen molar-refractivity contribution < 1.29 is 14.2 Å². The van der Waals surface area contributed by atoms with E-state index >= 15 is 0 Å². The highest BCUT2D eigenvalue weighted by molar-refractivity contribution is 4.75. The molecule has 110 valence electrons. The highest BCUT2D eigenvalue weighted by Gasteiger charge is 2.41. The Morgan fingerprint density at radius 2 is 1.26 bits per heavy atom. The summed E-state index contributed by atoms with van der Waals surface area (Å²) in [5.74, 6) is -0.699. The molecule has 3 fully saturated rings. The maximum Gasteiger partial charge on any atom is 0.283 e. The van der Waals surface area contributed by atoms with Crippen molar-refractivity contribution in [1.29, 1.82) is 0 Å². The van der Waals surface area contributed by atoms with E-state index in [0.29, 0.717) is 12.2 Å². The first-order valence-electron chi connectivity index (χ1n) is 8.36. The molecular formula is C16H28O3. The molecule has 0 radical (unpaired) electrons. The Hall–Kier alpha value is -0.120. The van der Waals surface area contributed by atoms with E-state index < -0.39 is 5.97 Å². The van der Waals surface area contributed by atoms with Gasteiger partial charge in [0.05, 0.1) is 18.8 Å². The van der Waals surface area contributed by atoms with Gasteiger partial charge in [-0.25, -0.2) is 0 Å². The van der Waals surface area contributed by atoms with E-state index in [0.717, 1.165) is 19.4 Å². The molecule has 1 heterocycles. The van der Waals surface area contributed by atoms with Crippen LogP contribution in [0.2, 0.25) is 0 Å². The Bertz CT molecular complexity index is 261. The second kappa shape index (κ2) is 6.55. The largest absolute Gasteiger partial charge is 0.327 e. The number of ether oxygens (including phenoxy) is 3. The smallest absolute Gasteiger partial charge is 0.283 e. The maximum absolute atomic E-state index is 6.34. The van der Waals surface area contributed by atoms with Crippen LogP contribution in [0.25, 0.3) is 0 Å². The van der Waals surface area contributed by atoms with Crippen LogP contribution in [-0.4, -0.2) is 24.8 Å². The summed E-state index contributed by atoms with van der Waals surface area (Å²) in [7, 11) is 0. The van der Waals surface area contributed by atoms with Crippen LogP contribution in [0.5, 0.6) is 0 Å². The normalized spacial score (nSPS) is 34.7. The summed E-state index contributed by atoms with van der Waals surface area (Å²) in [6.45, 7) is 0.791. The topological polar surface area (TPSA) is 27.7 Å². The predicted octanol–water partition coefficient (Wildman–Crippen LogP) is 4.15. The molecule has 1 unspecified atom stereocenters. The lowest BCUT2D eigenvalue weighted by atomic mass is 9.97. The summed E-state index contributed by atoms with van der Waals surface area (Å²) in [4.78, 5) is 0. The molecule has 1 atom stereocenters. The van der Waals surface area contributed by atoms with Gasteiger partial charge in [-0.05, 0) is 38.5 Å². The summed E-state index contributed by atoms with van der Waals surface area (Å²) in [5.41, 5.74) is 0. The third-order valence-electron chi connectivity index (χ3n) is 4.75. The molecule has 1 saturated heterocycles. The van der Waals surface area contributed by atoms with Gasteiger partial charge in [-0.1, -0.05) is 32.1 Å². The summed E-state index contributed by atoms with van der Waals surface area (Å²) in [6.07, 6.45) is 15.2. The summed E-state index contributed by atoms with van der Waals surface area (Å²) in [5, 5.41) is 0. The first-order chi connectivity index (χ1) is 9.36. The minimum absolute atomic E-state index is 0.355. The van der Waals surface area contributed by atoms with Gasteiger partial charge in [-0.2, -0.15) is 0 Å². The van der Waals surface area contributed by atoms with E-state index in [9.17, 15) is 0 Å². The zero-order valence-electron chi connectivity index (χ0n) is 12.1. The van der Waals surface area contributed by atoms with Gasteiger partial charge in [0.15, 0.2) is 0 Å². The van der Waals surface area contributed by atoms with E-state index in [1.807, 2.05) is 0 Å². The Balaban J connectivity index is 1.60. The molecule has 3 heteroatoms. The summed E-state index contributed by atoms with van der Waals surface area (Å²) < 4.78 is 18.6. The molecule has 0 N–H and O–H groups in total. The van der Waals surface area contributed by atoms with Gasteiger partial charge >= 0.3 is 0 Å². The number of rotatable bonds is 4. The van der Waals surface area contributed by atoms with E-state index in [-0.39, 0.29) is 0 Å². The molecule has 0 spiro atoms. The highest BCUT2D eigenvalue weighted by Crippen LogP contribution is 2.36. The predicted molar refractivity (Wildman–Crippen MR) is 73.8 cm³/mol.